The van der Waals surface area contributed by atoms with Crippen LogP contribution in [0.25, 0.3) is 10.6 Å². The molecule has 0 N–H and O–H groups in total. The van der Waals surface area contributed by atoms with Gasteiger partial charge in [0.05, 0.1) is 10.6 Å². The first-order chi connectivity index (χ1) is 6.25. The van der Waals surface area contributed by atoms with Gasteiger partial charge < -0.3 is 0 Å². The zero-order chi connectivity index (χ0) is 9.26. The topological polar surface area (TPSA) is 25.8 Å². The van der Waals surface area contributed by atoms with Crippen molar-refractivity contribution in [2.24, 2.45) is 0 Å². The lowest BCUT2D eigenvalue weighted by atomic mass is 10.3. The maximum absolute atomic E-state index is 4.38. The van der Waals surface area contributed by atoms with Gasteiger partial charge in [-0.15, -0.1) is 11.3 Å². The molecule has 0 aliphatic carbocycles. The molecule has 3 heteroatoms. The van der Waals surface area contributed by atoms with Crippen LogP contribution >= 0.6 is 11.3 Å². The Kier molecular flexibility index (Phi) is 2.10. The van der Waals surface area contributed by atoms with E-state index in [2.05, 4.69) is 21.4 Å². The van der Waals surface area contributed by atoms with E-state index in [0.29, 0.717) is 0 Å². The highest BCUT2D eigenvalue weighted by Gasteiger charge is 2.01. The molecule has 2 rings (SSSR count). The van der Waals surface area contributed by atoms with Crippen LogP contribution in [-0.2, 0) is 0 Å². The molecule has 0 unspecified atom stereocenters. The minimum Gasteiger partial charge on any atom is -0.239 e. The molecule has 0 aromatic carbocycles. The van der Waals surface area contributed by atoms with Crippen molar-refractivity contribution < 1.29 is 0 Å². The summed E-state index contributed by atoms with van der Waals surface area (Å²) in [5.41, 5.74) is 2.05. The summed E-state index contributed by atoms with van der Waals surface area (Å²) in [5.74, 6) is 0.836. The van der Waals surface area contributed by atoms with E-state index in [4.69, 9.17) is 0 Å². The second kappa shape index (κ2) is 3.26. The highest BCUT2D eigenvalue weighted by atomic mass is 32.1. The average molecular weight is 190 g/mol. The normalized spacial score (nSPS) is 10.3. The minimum atomic E-state index is 0.836. The molecule has 0 fully saturated rings. The van der Waals surface area contributed by atoms with E-state index in [-0.39, 0.29) is 0 Å². The number of aryl methyl sites for hydroxylation is 2. The highest BCUT2D eigenvalue weighted by Crippen LogP contribution is 2.22. The minimum absolute atomic E-state index is 0.836. The Morgan fingerprint density at radius 3 is 2.69 bits per heavy atom. The van der Waals surface area contributed by atoms with Gasteiger partial charge >= 0.3 is 0 Å². The maximum atomic E-state index is 4.38. The van der Waals surface area contributed by atoms with Crippen molar-refractivity contribution in [2.45, 2.75) is 13.8 Å². The van der Waals surface area contributed by atoms with Gasteiger partial charge in [0, 0.05) is 5.69 Å². The van der Waals surface area contributed by atoms with Gasteiger partial charge in [-0.25, -0.2) is 9.97 Å². The number of hydrogen-bond acceptors (Lipinski definition) is 3. The molecule has 0 saturated carbocycles. The molecule has 2 aromatic rings. The molecule has 2 heterocycles. The quantitative estimate of drug-likeness (QED) is 0.691. The first-order valence-corrected chi connectivity index (χ1v) is 5.00. The van der Waals surface area contributed by atoms with E-state index in [1.165, 1.54) is 4.88 Å². The van der Waals surface area contributed by atoms with Crippen LogP contribution in [-0.4, -0.2) is 9.97 Å². The predicted molar refractivity (Wildman–Crippen MR) is 54.8 cm³/mol. The monoisotopic (exact) mass is 190 g/mol. The molecule has 0 bridgehead atoms. The fourth-order valence-electron chi connectivity index (χ4n) is 1.27. The van der Waals surface area contributed by atoms with Crippen LogP contribution in [0.1, 0.15) is 11.5 Å². The fourth-order valence-corrected chi connectivity index (χ4v) is 1.95. The van der Waals surface area contributed by atoms with Gasteiger partial charge in [0.2, 0.25) is 0 Å². The summed E-state index contributed by atoms with van der Waals surface area (Å²) in [6.07, 6.45) is 0. The number of rotatable bonds is 1. The maximum Gasteiger partial charge on any atom is 0.126 e. The lowest BCUT2D eigenvalue weighted by Gasteiger charge is -1.99. The number of thiophene rings is 1. The van der Waals surface area contributed by atoms with Crippen molar-refractivity contribution in [2.75, 3.05) is 0 Å². The summed E-state index contributed by atoms with van der Waals surface area (Å²) in [6, 6.07) is 6.12. The van der Waals surface area contributed by atoms with Gasteiger partial charge in [-0.3, -0.25) is 0 Å². The van der Waals surface area contributed by atoms with Crippen molar-refractivity contribution in [3.05, 3.63) is 35.1 Å². The summed E-state index contributed by atoms with van der Waals surface area (Å²) in [6.45, 7) is 3.91. The SMILES string of the molecule is Cc1cc(-c2cccs2)nc(C)n1. The fraction of sp³-hybridized carbons (Fsp3) is 0.200. The summed E-state index contributed by atoms with van der Waals surface area (Å²) in [5, 5.41) is 2.06. The Morgan fingerprint density at radius 2 is 2.08 bits per heavy atom. The average Bonchev–Trinajstić information content (AvgIpc) is 2.53. The van der Waals surface area contributed by atoms with Gasteiger partial charge in [0.25, 0.3) is 0 Å². The third-order valence-electron chi connectivity index (χ3n) is 1.74. The highest BCUT2D eigenvalue weighted by molar-refractivity contribution is 7.13. The van der Waals surface area contributed by atoms with Crippen molar-refractivity contribution in [3.8, 4) is 10.6 Å². The third-order valence-corrected chi connectivity index (χ3v) is 2.63. The molecule has 0 atom stereocenters. The Morgan fingerprint density at radius 1 is 1.23 bits per heavy atom. The molecule has 0 radical (unpaired) electrons. The predicted octanol–water partition coefficient (Wildman–Crippen LogP) is 2.82. The Labute approximate surface area is 81.3 Å². The van der Waals surface area contributed by atoms with E-state index in [1.54, 1.807) is 11.3 Å². The Hall–Kier alpha value is -1.22. The summed E-state index contributed by atoms with van der Waals surface area (Å²) in [4.78, 5) is 9.82. The van der Waals surface area contributed by atoms with E-state index in [0.717, 1.165) is 17.2 Å². The van der Waals surface area contributed by atoms with Gasteiger partial charge in [0.1, 0.15) is 5.82 Å². The molecule has 66 valence electrons. The molecule has 2 aromatic heterocycles. The first-order valence-electron chi connectivity index (χ1n) is 4.12. The smallest absolute Gasteiger partial charge is 0.126 e. The van der Waals surface area contributed by atoms with Gasteiger partial charge in [-0.1, -0.05) is 6.07 Å². The molecule has 2 nitrogen and oxygen atoms in total. The third kappa shape index (κ3) is 1.75. The molecular formula is C10H10N2S. The van der Waals surface area contributed by atoms with Crippen molar-refractivity contribution >= 4 is 11.3 Å². The van der Waals surface area contributed by atoms with Gasteiger partial charge in [-0.05, 0) is 31.4 Å². The van der Waals surface area contributed by atoms with Crippen LogP contribution in [0.2, 0.25) is 0 Å². The first kappa shape index (κ1) is 8.38. The van der Waals surface area contributed by atoms with E-state index >= 15 is 0 Å². The number of nitrogens with zero attached hydrogens (tertiary/aromatic N) is 2. The van der Waals surface area contributed by atoms with Crippen LogP contribution in [0.15, 0.2) is 23.6 Å². The van der Waals surface area contributed by atoms with Crippen molar-refractivity contribution in [1.29, 1.82) is 0 Å². The molecule has 0 aliphatic heterocycles. The summed E-state index contributed by atoms with van der Waals surface area (Å²) in [7, 11) is 0. The standard InChI is InChI=1S/C10H10N2S/c1-7-6-9(12-8(2)11-7)10-4-3-5-13-10/h3-6H,1-2H3. The lowest BCUT2D eigenvalue weighted by Crippen LogP contribution is -1.92. The molecule has 13 heavy (non-hydrogen) atoms. The summed E-state index contributed by atoms with van der Waals surface area (Å²) < 4.78 is 0. The van der Waals surface area contributed by atoms with Crippen molar-refractivity contribution in [3.63, 3.8) is 0 Å². The van der Waals surface area contributed by atoms with Crippen LogP contribution < -0.4 is 0 Å². The number of aromatic nitrogens is 2. The van der Waals surface area contributed by atoms with Gasteiger partial charge in [0.15, 0.2) is 0 Å². The van der Waals surface area contributed by atoms with Crippen LogP contribution in [0.4, 0.5) is 0 Å². The molecule has 0 amide bonds. The van der Waals surface area contributed by atoms with Gasteiger partial charge in [-0.2, -0.15) is 0 Å². The van der Waals surface area contributed by atoms with Crippen molar-refractivity contribution in [1.82, 2.24) is 9.97 Å². The zero-order valence-electron chi connectivity index (χ0n) is 7.61. The second-order valence-electron chi connectivity index (χ2n) is 2.92. The van der Waals surface area contributed by atoms with E-state index in [1.807, 2.05) is 26.0 Å². The second-order valence-corrected chi connectivity index (χ2v) is 3.87. The summed E-state index contributed by atoms with van der Waals surface area (Å²) >= 11 is 1.70. The zero-order valence-corrected chi connectivity index (χ0v) is 8.43. The molecule has 0 saturated heterocycles. The Bertz CT molecular complexity index is 387. The van der Waals surface area contributed by atoms with Crippen LogP contribution in [0, 0.1) is 13.8 Å². The molecule has 0 spiro atoms. The Balaban J connectivity index is 2.53. The number of hydrogen-bond donors (Lipinski definition) is 0. The van der Waals surface area contributed by atoms with E-state index < -0.39 is 0 Å². The van der Waals surface area contributed by atoms with Crippen LogP contribution in [0.5, 0.6) is 0 Å². The largest absolute Gasteiger partial charge is 0.239 e. The van der Waals surface area contributed by atoms with E-state index in [9.17, 15) is 0 Å². The molecular weight excluding hydrogens is 180 g/mol. The lowest BCUT2D eigenvalue weighted by molar-refractivity contribution is 1.02. The van der Waals surface area contributed by atoms with Crippen LogP contribution in [0.3, 0.4) is 0 Å². The molecule has 0 aliphatic rings.